The van der Waals surface area contributed by atoms with E-state index in [4.69, 9.17) is 13.9 Å². The number of anilines is 1. The molecular weight excluding hydrogens is 519 g/mol. The monoisotopic (exact) mass is 551 g/mol. The quantitative estimate of drug-likeness (QED) is 0.151. The van der Waals surface area contributed by atoms with E-state index in [1.54, 1.807) is 19.1 Å². The molecule has 4 aromatic rings. The van der Waals surface area contributed by atoms with Crippen molar-refractivity contribution in [2.24, 2.45) is 0 Å². The van der Waals surface area contributed by atoms with Crippen LogP contribution in [0.2, 0.25) is 0 Å². The molecule has 0 saturated heterocycles. The Morgan fingerprint density at radius 3 is 2.45 bits per heavy atom. The van der Waals surface area contributed by atoms with Crippen LogP contribution in [0.4, 0.5) is 18.9 Å². The Labute approximate surface area is 231 Å². The highest BCUT2D eigenvalue weighted by Crippen LogP contribution is 2.38. The first-order valence-corrected chi connectivity index (χ1v) is 13.1. The second-order valence-electron chi connectivity index (χ2n) is 9.64. The lowest BCUT2D eigenvalue weighted by Gasteiger charge is -2.18. The van der Waals surface area contributed by atoms with Gasteiger partial charge < -0.3 is 19.2 Å². The van der Waals surface area contributed by atoms with Gasteiger partial charge in [0.05, 0.1) is 23.4 Å². The number of hydrogen-bond acceptors (Lipinski definition) is 5. The molecule has 0 aliphatic rings. The molecule has 8 heteroatoms. The lowest BCUT2D eigenvalue weighted by atomic mass is 9.94. The summed E-state index contributed by atoms with van der Waals surface area (Å²) >= 11 is 0. The first-order chi connectivity index (χ1) is 19.1. The molecule has 5 nitrogen and oxygen atoms in total. The number of halogens is 3. The Morgan fingerprint density at radius 2 is 1.75 bits per heavy atom. The topological polar surface area (TPSA) is 60.7 Å². The zero-order valence-electron chi connectivity index (χ0n) is 22.8. The molecule has 210 valence electrons. The van der Waals surface area contributed by atoms with Crippen molar-refractivity contribution < 1.29 is 27.1 Å². The Balaban J connectivity index is 1.75. The molecule has 0 fully saturated rings. The van der Waals surface area contributed by atoms with Crippen molar-refractivity contribution >= 4 is 16.7 Å². The van der Waals surface area contributed by atoms with E-state index in [-0.39, 0.29) is 23.4 Å². The lowest BCUT2D eigenvalue weighted by Crippen LogP contribution is -2.16. The third-order valence-electron chi connectivity index (χ3n) is 6.38. The molecule has 0 aliphatic carbocycles. The number of rotatable bonds is 11. The minimum atomic E-state index is -4.55. The molecule has 0 atom stereocenters. The summed E-state index contributed by atoms with van der Waals surface area (Å²) in [4.78, 5) is 13.3. The summed E-state index contributed by atoms with van der Waals surface area (Å²) in [7, 11) is 0. The Morgan fingerprint density at radius 1 is 1.00 bits per heavy atom. The van der Waals surface area contributed by atoms with Gasteiger partial charge in [-0.2, -0.15) is 13.2 Å². The van der Waals surface area contributed by atoms with Crippen LogP contribution in [0.5, 0.6) is 5.75 Å². The summed E-state index contributed by atoms with van der Waals surface area (Å²) in [6.07, 6.45) is -3.69. The van der Waals surface area contributed by atoms with Gasteiger partial charge in [0, 0.05) is 29.7 Å². The van der Waals surface area contributed by atoms with Crippen molar-refractivity contribution in [2.75, 3.05) is 25.1 Å². The normalized spacial score (nSPS) is 11.6. The maximum Gasteiger partial charge on any atom is 0.418 e. The van der Waals surface area contributed by atoms with Gasteiger partial charge in [-0.1, -0.05) is 55.5 Å². The summed E-state index contributed by atoms with van der Waals surface area (Å²) in [5.74, 6) is 0.621. The van der Waals surface area contributed by atoms with E-state index in [1.165, 1.54) is 6.07 Å². The Bertz CT molecular complexity index is 1560. The molecule has 0 aliphatic heterocycles. The van der Waals surface area contributed by atoms with Crippen LogP contribution in [0.1, 0.15) is 35.6 Å². The van der Waals surface area contributed by atoms with Gasteiger partial charge in [-0.25, -0.2) is 4.79 Å². The lowest BCUT2D eigenvalue weighted by molar-refractivity contribution is -0.137. The van der Waals surface area contributed by atoms with E-state index in [1.807, 2.05) is 50.2 Å². The standard InChI is InChI=1S/C32H32F3NO4/c1-5-13-38-14-15-39-28-19-24-29(17-21(28)3)40-31(37)25(30(24)23-9-7-6-8-10-23)18-22(4)36-27-12-11-20(2)16-26(27)32(33,34)35/h6-12,16-17,19,36H,4-5,13-15,18H2,1-3H3. The Kier molecular flexibility index (Phi) is 9.00. The molecule has 0 bridgehead atoms. The molecule has 0 unspecified atom stereocenters. The SMILES string of the molecule is C=C(Cc1c(-c2ccccc2)c2cc(OCCOCCC)c(C)cc2oc1=O)Nc1ccc(C)cc1C(F)(F)F. The molecule has 4 rings (SSSR count). The highest BCUT2D eigenvalue weighted by atomic mass is 19.4. The van der Waals surface area contributed by atoms with Gasteiger partial charge in [0.1, 0.15) is 17.9 Å². The first kappa shape index (κ1) is 29.0. The number of hydrogen-bond donors (Lipinski definition) is 1. The minimum absolute atomic E-state index is 0.0530. The number of alkyl halides is 3. The van der Waals surface area contributed by atoms with Crippen LogP contribution in [0.15, 0.2) is 82.2 Å². The van der Waals surface area contributed by atoms with Crippen molar-refractivity contribution in [3.05, 3.63) is 106 Å². The maximum absolute atomic E-state index is 13.7. The molecule has 1 N–H and O–H groups in total. The molecule has 3 aromatic carbocycles. The van der Waals surface area contributed by atoms with Gasteiger partial charge in [0.25, 0.3) is 0 Å². The number of fused-ring (bicyclic) bond motifs is 1. The van der Waals surface area contributed by atoms with E-state index in [2.05, 4.69) is 11.9 Å². The zero-order chi connectivity index (χ0) is 28.9. The largest absolute Gasteiger partial charge is 0.491 e. The summed E-state index contributed by atoms with van der Waals surface area (Å²) < 4.78 is 58.3. The van der Waals surface area contributed by atoms with Crippen molar-refractivity contribution in [1.82, 2.24) is 0 Å². The van der Waals surface area contributed by atoms with Gasteiger partial charge in [-0.3, -0.25) is 0 Å². The molecule has 40 heavy (non-hydrogen) atoms. The molecule has 0 amide bonds. The number of ether oxygens (including phenoxy) is 2. The zero-order valence-corrected chi connectivity index (χ0v) is 22.8. The van der Waals surface area contributed by atoms with Crippen molar-refractivity contribution in [3.63, 3.8) is 0 Å². The second-order valence-corrected chi connectivity index (χ2v) is 9.64. The summed E-state index contributed by atoms with van der Waals surface area (Å²) in [6.45, 7) is 10.9. The highest BCUT2D eigenvalue weighted by Gasteiger charge is 2.33. The molecular formula is C32H32F3NO4. The summed E-state index contributed by atoms with van der Waals surface area (Å²) in [5, 5.41) is 3.43. The van der Waals surface area contributed by atoms with E-state index in [0.717, 1.165) is 23.6 Å². The predicted octanol–water partition coefficient (Wildman–Crippen LogP) is 8.07. The fraction of sp³-hybridized carbons (Fsp3) is 0.281. The van der Waals surface area contributed by atoms with Crippen LogP contribution < -0.4 is 15.7 Å². The molecule has 1 aromatic heterocycles. The van der Waals surface area contributed by atoms with Gasteiger partial charge in [0.2, 0.25) is 0 Å². The minimum Gasteiger partial charge on any atom is -0.491 e. The van der Waals surface area contributed by atoms with Gasteiger partial charge in [-0.15, -0.1) is 0 Å². The van der Waals surface area contributed by atoms with Gasteiger partial charge in [-0.05, 0) is 55.7 Å². The third kappa shape index (κ3) is 6.74. The number of aryl methyl sites for hydroxylation is 2. The van der Waals surface area contributed by atoms with E-state index in [0.29, 0.717) is 47.7 Å². The summed E-state index contributed by atoms with van der Waals surface area (Å²) in [6, 6.07) is 16.9. The number of nitrogens with one attached hydrogen (secondary N) is 1. The molecule has 0 radical (unpaired) electrons. The molecule has 1 heterocycles. The van der Waals surface area contributed by atoms with Gasteiger partial charge >= 0.3 is 11.8 Å². The van der Waals surface area contributed by atoms with Crippen LogP contribution in [0.25, 0.3) is 22.1 Å². The number of benzene rings is 3. The fourth-order valence-electron chi connectivity index (χ4n) is 4.52. The van der Waals surface area contributed by atoms with Crippen molar-refractivity contribution in [3.8, 4) is 16.9 Å². The van der Waals surface area contributed by atoms with E-state index < -0.39 is 17.4 Å². The van der Waals surface area contributed by atoms with Gasteiger partial charge in [0.15, 0.2) is 0 Å². The molecule has 0 spiro atoms. The molecule has 0 saturated carbocycles. The van der Waals surface area contributed by atoms with Crippen LogP contribution >= 0.6 is 0 Å². The predicted molar refractivity (Wildman–Crippen MR) is 152 cm³/mol. The van der Waals surface area contributed by atoms with Crippen LogP contribution in [-0.2, 0) is 17.3 Å². The Hall–Kier alpha value is -4.04. The smallest absolute Gasteiger partial charge is 0.418 e. The summed E-state index contributed by atoms with van der Waals surface area (Å²) in [5.41, 5.74) is 2.00. The average Bonchev–Trinajstić information content (AvgIpc) is 2.90. The van der Waals surface area contributed by atoms with E-state index in [9.17, 15) is 18.0 Å². The third-order valence-corrected chi connectivity index (χ3v) is 6.38. The van der Waals surface area contributed by atoms with Crippen molar-refractivity contribution in [1.29, 1.82) is 0 Å². The highest BCUT2D eigenvalue weighted by molar-refractivity contribution is 5.96. The second kappa shape index (κ2) is 12.4. The number of allylic oxidation sites excluding steroid dienone is 1. The first-order valence-electron chi connectivity index (χ1n) is 13.1. The van der Waals surface area contributed by atoms with Crippen LogP contribution in [-0.4, -0.2) is 19.8 Å². The average molecular weight is 552 g/mol. The fourth-order valence-corrected chi connectivity index (χ4v) is 4.52. The van der Waals surface area contributed by atoms with Crippen LogP contribution in [0, 0.1) is 13.8 Å². The maximum atomic E-state index is 13.7. The van der Waals surface area contributed by atoms with Crippen molar-refractivity contribution in [2.45, 2.75) is 39.8 Å². The van der Waals surface area contributed by atoms with Crippen LogP contribution in [0.3, 0.4) is 0 Å². The van der Waals surface area contributed by atoms with E-state index >= 15 is 0 Å².